The average molecular weight is 527 g/mol. The molecule has 0 unspecified atom stereocenters. The molecule has 204 valence electrons. The van der Waals surface area contributed by atoms with Crippen LogP contribution in [0.1, 0.15) is 83.9 Å². The molecule has 1 amide bonds. The normalized spacial score (nSPS) is 14.5. The third-order valence-electron chi connectivity index (χ3n) is 7.33. The van der Waals surface area contributed by atoms with Crippen LogP contribution in [0.5, 0.6) is 0 Å². The third kappa shape index (κ3) is 8.11. The highest BCUT2D eigenvalue weighted by Gasteiger charge is 2.42. The van der Waals surface area contributed by atoms with Crippen molar-refractivity contribution in [3.8, 4) is 0 Å². The van der Waals surface area contributed by atoms with Gasteiger partial charge in [0.15, 0.2) is 0 Å². The van der Waals surface area contributed by atoms with Crippen LogP contribution in [0.15, 0.2) is 66.7 Å². The number of carboxylic acid groups (broad SMARTS) is 1. The fourth-order valence-corrected chi connectivity index (χ4v) is 4.95. The van der Waals surface area contributed by atoms with Crippen molar-refractivity contribution in [3.05, 3.63) is 100 Å². The zero-order valence-corrected chi connectivity index (χ0v) is 22.7. The Labute approximate surface area is 231 Å². The first kappa shape index (κ1) is 28.2. The number of aryl methyl sites for hydroxylation is 2. The maximum Gasteiger partial charge on any atom is 0.329 e. The number of carboxylic acids is 1. The number of aromatic nitrogens is 1. The number of amides is 1. The minimum Gasteiger partial charge on any atom is -0.480 e. The monoisotopic (exact) mass is 526 g/mol. The molecule has 2 N–H and O–H groups in total. The smallest absolute Gasteiger partial charge is 0.329 e. The highest BCUT2D eigenvalue weighted by Crippen LogP contribution is 2.30. The van der Waals surface area contributed by atoms with Crippen molar-refractivity contribution in [1.82, 2.24) is 10.3 Å². The summed E-state index contributed by atoms with van der Waals surface area (Å²) in [6.45, 7) is 3.34. The van der Waals surface area contributed by atoms with Crippen molar-refractivity contribution in [3.63, 3.8) is 0 Å². The molecule has 6 nitrogen and oxygen atoms in total. The van der Waals surface area contributed by atoms with E-state index in [4.69, 9.17) is 4.74 Å². The van der Waals surface area contributed by atoms with E-state index in [1.165, 1.54) is 11.1 Å². The Kier molecular flexibility index (Phi) is 10.0. The zero-order chi connectivity index (χ0) is 27.5. The molecule has 0 saturated heterocycles. The highest BCUT2D eigenvalue weighted by atomic mass is 16.5. The van der Waals surface area contributed by atoms with Crippen LogP contribution in [-0.2, 0) is 29.0 Å². The van der Waals surface area contributed by atoms with Crippen LogP contribution < -0.4 is 5.32 Å². The van der Waals surface area contributed by atoms with E-state index < -0.39 is 11.5 Å². The lowest BCUT2D eigenvalue weighted by atomic mass is 9.97. The topological polar surface area (TPSA) is 88.5 Å². The van der Waals surface area contributed by atoms with Crippen LogP contribution in [0.3, 0.4) is 0 Å². The lowest BCUT2D eigenvalue weighted by Crippen LogP contribution is -2.52. The molecule has 1 aliphatic rings. The lowest BCUT2D eigenvalue weighted by molar-refractivity contribution is -0.144. The van der Waals surface area contributed by atoms with Crippen LogP contribution in [0.25, 0.3) is 12.2 Å². The minimum absolute atomic E-state index is 0.360. The SMILES string of the molecule is CCc1ccc(CCCCOCc2cccc(/C=C/c3cccc(C(=O)NC4(C(=O)O)CCCC4)c3)n2)cc1. The first-order valence-electron chi connectivity index (χ1n) is 13.9. The molecule has 1 saturated carbocycles. The van der Waals surface area contributed by atoms with Gasteiger partial charge in [-0.3, -0.25) is 9.78 Å². The van der Waals surface area contributed by atoms with Crippen molar-refractivity contribution in [1.29, 1.82) is 0 Å². The summed E-state index contributed by atoms with van der Waals surface area (Å²) < 4.78 is 5.86. The molecule has 0 atom stereocenters. The second-order valence-electron chi connectivity index (χ2n) is 10.2. The van der Waals surface area contributed by atoms with Gasteiger partial charge in [-0.05, 0) is 85.6 Å². The summed E-state index contributed by atoms with van der Waals surface area (Å²) in [6, 6.07) is 21.9. The molecule has 3 aromatic rings. The third-order valence-corrected chi connectivity index (χ3v) is 7.33. The summed E-state index contributed by atoms with van der Waals surface area (Å²) in [5.74, 6) is -1.32. The Morgan fingerprint density at radius 1 is 0.974 bits per heavy atom. The molecule has 1 heterocycles. The van der Waals surface area contributed by atoms with E-state index in [0.717, 1.165) is 55.5 Å². The largest absolute Gasteiger partial charge is 0.480 e. The van der Waals surface area contributed by atoms with Gasteiger partial charge in [-0.15, -0.1) is 0 Å². The van der Waals surface area contributed by atoms with Gasteiger partial charge in [0.1, 0.15) is 5.54 Å². The van der Waals surface area contributed by atoms with Crippen LogP contribution in [-0.4, -0.2) is 34.1 Å². The van der Waals surface area contributed by atoms with Gasteiger partial charge in [-0.1, -0.05) is 68.3 Å². The molecule has 4 rings (SSSR count). The summed E-state index contributed by atoms with van der Waals surface area (Å²) >= 11 is 0. The number of nitrogens with zero attached hydrogens (tertiary/aromatic N) is 1. The predicted octanol–water partition coefficient (Wildman–Crippen LogP) is 6.48. The standard InChI is InChI=1S/C33H38N2O4/c1-2-25-14-16-26(17-15-25)9-3-6-22-39-24-30-13-8-12-29(34-30)19-18-27-10-7-11-28(23-27)31(36)35-33(32(37)38)20-4-5-21-33/h7-8,10-19,23H,2-6,9,20-22,24H2,1H3,(H,35,36)(H,37,38)/b19-18+. The Bertz CT molecular complexity index is 1280. The van der Waals surface area contributed by atoms with E-state index in [0.29, 0.717) is 31.6 Å². The second-order valence-corrected chi connectivity index (χ2v) is 10.2. The molecule has 0 bridgehead atoms. The summed E-state index contributed by atoms with van der Waals surface area (Å²) in [5, 5.41) is 12.4. The van der Waals surface area contributed by atoms with Gasteiger partial charge in [0, 0.05) is 12.2 Å². The maximum atomic E-state index is 12.8. The van der Waals surface area contributed by atoms with E-state index in [1.54, 1.807) is 18.2 Å². The maximum absolute atomic E-state index is 12.8. The number of hydrogen-bond acceptors (Lipinski definition) is 4. The van der Waals surface area contributed by atoms with Gasteiger partial charge in [0.05, 0.1) is 18.0 Å². The molecule has 0 spiro atoms. The number of aliphatic carboxylic acids is 1. The van der Waals surface area contributed by atoms with Gasteiger partial charge in [-0.25, -0.2) is 4.79 Å². The summed E-state index contributed by atoms with van der Waals surface area (Å²) in [6.07, 6.45) is 10.6. The van der Waals surface area contributed by atoms with Crippen molar-refractivity contribution in [2.75, 3.05) is 6.61 Å². The van der Waals surface area contributed by atoms with Crippen molar-refractivity contribution >= 4 is 24.0 Å². The molecule has 1 aromatic heterocycles. The molecule has 1 fully saturated rings. The number of ether oxygens (including phenoxy) is 1. The quantitative estimate of drug-likeness (QED) is 0.249. The van der Waals surface area contributed by atoms with E-state index >= 15 is 0 Å². The first-order valence-corrected chi connectivity index (χ1v) is 13.9. The number of pyridine rings is 1. The van der Waals surface area contributed by atoms with Crippen LogP contribution in [0.2, 0.25) is 0 Å². The molecular weight excluding hydrogens is 488 g/mol. The van der Waals surface area contributed by atoms with E-state index in [9.17, 15) is 14.7 Å². The molecule has 0 aliphatic heterocycles. The fourth-order valence-electron chi connectivity index (χ4n) is 4.95. The second kappa shape index (κ2) is 13.9. The van der Waals surface area contributed by atoms with E-state index in [-0.39, 0.29) is 5.91 Å². The van der Waals surface area contributed by atoms with Crippen molar-refractivity contribution in [2.45, 2.75) is 70.4 Å². The lowest BCUT2D eigenvalue weighted by Gasteiger charge is -2.25. The number of unbranched alkanes of at least 4 members (excludes halogenated alkanes) is 1. The number of hydrogen-bond donors (Lipinski definition) is 2. The van der Waals surface area contributed by atoms with Crippen LogP contribution in [0, 0.1) is 0 Å². The van der Waals surface area contributed by atoms with Gasteiger partial charge in [0.25, 0.3) is 5.91 Å². The molecule has 2 aromatic carbocycles. The molecule has 0 radical (unpaired) electrons. The Morgan fingerprint density at radius 3 is 2.46 bits per heavy atom. The van der Waals surface area contributed by atoms with Crippen molar-refractivity contribution < 1.29 is 19.4 Å². The van der Waals surface area contributed by atoms with Gasteiger partial charge >= 0.3 is 5.97 Å². The molecular formula is C33H38N2O4. The summed E-state index contributed by atoms with van der Waals surface area (Å²) in [7, 11) is 0. The number of nitrogens with one attached hydrogen (secondary N) is 1. The number of benzene rings is 2. The summed E-state index contributed by atoms with van der Waals surface area (Å²) in [5.41, 5.74) is 4.54. The number of carbonyl (C=O) groups excluding carboxylic acids is 1. The molecule has 6 heteroatoms. The highest BCUT2D eigenvalue weighted by molar-refractivity contribution is 5.98. The van der Waals surface area contributed by atoms with Gasteiger partial charge in [-0.2, -0.15) is 0 Å². The first-order chi connectivity index (χ1) is 19.0. The Balaban J connectivity index is 1.25. The fraction of sp³-hybridized carbons (Fsp3) is 0.364. The zero-order valence-electron chi connectivity index (χ0n) is 22.7. The predicted molar refractivity (Wildman–Crippen MR) is 154 cm³/mol. The minimum atomic E-state index is -1.16. The number of rotatable bonds is 13. The summed E-state index contributed by atoms with van der Waals surface area (Å²) in [4.78, 5) is 29.3. The van der Waals surface area contributed by atoms with Crippen LogP contribution in [0.4, 0.5) is 0 Å². The van der Waals surface area contributed by atoms with E-state index in [1.807, 2.05) is 36.4 Å². The van der Waals surface area contributed by atoms with Gasteiger partial charge in [0.2, 0.25) is 0 Å². The van der Waals surface area contributed by atoms with Crippen LogP contribution >= 0.6 is 0 Å². The number of carbonyl (C=O) groups is 2. The van der Waals surface area contributed by atoms with Crippen molar-refractivity contribution in [2.24, 2.45) is 0 Å². The molecule has 1 aliphatic carbocycles. The molecule has 39 heavy (non-hydrogen) atoms. The Hall–Kier alpha value is -3.77. The van der Waals surface area contributed by atoms with Gasteiger partial charge < -0.3 is 15.2 Å². The van der Waals surface area contributed by atoms with E-state index in [2.05, 4.69) is 41.5 Å². The Morgan fingerprint density at radius 2 is 1.72 bits per heavy atom. The average Bonchev–Trinajstić information content (AvgIpc) is 3.44.